The van der Waals surface area contributed by atoms with Crippen LogP contribution in [0.5, 0.6) is 5.88 Å². The number of aromatic nitrogens is 2. The van der Waals surface area contributed by atoms with E-state index in [0.29, 0.717) is 11.8 Å². The van der Waals surface area contributed by atoms with Gasteiger partial charge in [0, 0.05) is 6.54 Å². The molecule has 0 fully saturated rings. The molecule has 0 saturated carbocycles. The molecule has 1 aromatic heterocycles. The van der Waals surface area contributed by atoms with Crippen molar-refractivity contribution in [1.82, 2.24) is 9.97 Å². The van der Waals surface area contributed by atoms with Gasteiger partial charge in [0.1, 0.15) is 0 Å². The summed E-state index contributed by atoms with van der Waals surface area (Å²) in [6, 6.07) is 0. The zero-order chi connectivity index (χ0) is 12.0. The summed E-state index contributed by atoms with van der Waals surface area (Å²) in [6.45, 7) is 7.07. The Bertz CT molecular complexity index is 333. The summed E-state index contributed by atoms with van der Waals surface area (Å²) >= 11 is 3.38. The molecule has 1 atom stereocenters. The number of hydrogen-bond acceptors (Lipinski definition) is 4. The Morgan fingerprint density at radius 2 is 2.25 bits per heavy atom. The maximum atomic E-state index is 5.68. The van der Waals surface area contributed by atoms with Crippen molar-refractivity contribution in [1.29, 1.82) is 0 Å². The minimum atomic E-state index is 0.158. The second-order valence-electron chi connectivity index (χ2n) is 3.61. The van der Waals surface area contributed by atoms with Crippen LogP contribution in [0.2, 0.25) is 0 Å². The smallest absolute Gasteiger partial charge is 0.233 e. The molecular weight excluding hydrogens is 270 g/mol. The van der Waals surface area contributed by atoms with Crippen molar-refractivity contribution in [3.05, 3.63) is 10.7 Å². The Morgan fingerprint density at radius 1 is 1.50 bits per heavy atom. The minimum Gasteiger partial charge on any atom is -0.474 e. The predicted octanol–water partition coefficient (Wildman–Crippen LogP) is 3.24. The van der Waals surface area contributed by atoms with Crippen LogP contribution >= 0.6 is 15.9 Å². The fourth-order valence-electron chi connectivity index (χ4n) is 1.03. The highest BCUT2D eigenvalue weighted by Gasteiger charge is 2.09. The summed E-state index contributed by atoms with van der Waals surface area (Å²) in [5.41, 5.74) is 0. The number of rotatable bonds is 6. The van der Waals surface area contributed by atoms with Crippen LogP contribution in [0.4, 0.5) is 5.95 Å². The third-order valence-electron chi connectivity index (χ3n) is 2.13. The first kappa shape index (κ1) is 13.2. The quantitative estimate of drug-likeness (QED) is 0.873. The summed E-state index contributed by atoms with van der Waals surface area (Å²) in [5, 5.41) is 3.13. The van der Waals surface area contributed by atoms with Gasteiger partial charge >= 0.3 is 0 Å². The summed E-state index contributed by atoms with van der Waals surface area (Å²) in [4.78, 5) is 8.47. The molecule has 0 aliphatic rings. The Kier molecular flexibility index (Phi) is 5.52. The molecule has 0 bridgehead atoms. The van der Waals surface area contributed by atoms with E-state index in [1.54, 1.807) is 6.20 Å². The molecule has 1 N–H and O–H groups in total. The van der Waals surface area contributed by atoms with Gasteiger partial charge in [-0.2, -0.15) is 4.98 Å². The van der Waals surface area contributed by atoms with E-state index in [1.807, 2.05) is 6.92 Å². The van der Waals surface area contributed by atoms with Crippen LogP contribution in [0.1, 0.15) is 33.6 Å². The van der Waals surface area contributed by atoms with Crippen LogP contribution < -0.4 is 10.1 Å². The van der Waals surface area contributed by atoms with E-state index in [9.17, 15) is 0 Å². The molecule has 0 saturated heterocycles. The normalized spacial score (nSPS) is 12.2. The fourth-order valence-corrected chi connectivity index (χ4v) is 1.31. The van der Waals surface area contributed by atoms with Crippen molar-refractivity contribution < 1.29 is 4.74 Å². The molecule has 0 spiro atoms. The molecule has 1 unspecified atom stereocenters. The summed E-state index contributed by atoms with van der Waals surface area (Å²) in [7, 11) is 0. The third kappa shape index (κ3) is 3.96. The van der Waals surface area contributed by atoms with Gasteiger partial charge in [-0.15, -0.1) is 0 Å². The van der Waals surface area contributed by atoms with Crippen molar-refractivity contribution in [3.8, 4) is 5.88 Å². The third-order valence-corrected chi connectivity index (χ3v) is 2.68. The highest BCUT2D eigenvalue weighted by Crippen LogP contribution is 2.23. The van der Waals surface area contributed by atoms with Gasteiger partial charge in [0.25, 0.3) is 0 Å². The van der Waals surface area contributed by atoms with Crippen molar-refractivity contribution in [2.24, 2.45) is 0 Å². The van der Waals surface area contributed by atoms with E-state index in [4.69, 9.17) is 4.74 Å². The Labute approximate surface area is 105 Å². The number of nitrogens with zero attached hydrogens (tertiary/aromatic N) is 2. The van der Waals surface area contributed by atoms with Crippen LogP contribution in [0.3, 0.4) is 0 Å². The van der Waals surface area contributed by atoms with E-state index < -0.39 is 0 Å². The largest absolute Gasteiger partial charge is 0.474 e. The van der Waals surface area contributed by atoms with Crippen molar-refractivity contribution in [2.75, 3.05) is 11.9 Å². The average molecular weight is 288 g/mol. The molecule has 16 heavy (non-hydrogen) atoms. The van der Waals surface area contributed by atoms with Crippen LogP contribution in [0, 0.1) is 0 Å². The minimum absolute atomic E-state index is 0.158. The molecule has 0 amide bonds. The number of anilines is 1. The van der Waals surface area contributed by atoms with Gasteiger partial charge in [0.05, 0.1) is 16.8 Å². The summed E-state index contributed by atoms with van der Waals surface area (Å²) < 4.78 is 6.46. The van der Waals surface area contributed by atoms with Crippen molar-refractivity contribution in [2.45, 2.75) is 39.7 Å². The summed E-state index contributed by atoms with van der Waals surface area (Å²) in [5.74, 6) is 1.21. The molecule has 0 aliphatic heterocycles. The van der Waals surface area contributed by atoms with Gasteiger partial charge in [-0.25, -0.2) is 4.98 Å². The zero-order valence-electron chi connectivity index (χ0n) is 9.96. The average Bonchev–Trinajstić information content (AvgIpc) is 2.30. The monoisotopic (exact) mass is 287 g/mol. The molecule has 0 radical (unpaired) electrons. The molecule has 4 nitrogen and oxygen atoms in total. The molecule has 0 aromatic carbocycles. The summed E-state index contributed by atoms with van der Waals surface area (Å²) in [6.07, 6.45) is 3.86. The number of hydrogen-bond donors (Lipinski definition) is 1. The van der Waals surface area contributed by atoms with E-state index in [1.165, 1.54) is 0 Å². The molecule has 1 heterocycles. The van der Waals surface area contributed by atoms with Crippen LogP contribution in [-0.4, -0.2) is 22.6 Å². The lowest BCUT2D eigenvalue weighted by Crippen LogP contribution is -2.12. The maximum absolute atomic E-state index is 5.68. The van der Waals surface area contributed by atoms with Gasteiger partial charge in [-0.3, -0.25) is 0 Å². The van der Waals surface area contributed by atoms with Crippen LogP contribution in [0.15, 0.2) is 10.7 Å². The first-order valence-corrected chi connectivity index (χ1v) is 6.39. The number of nitrogens with one attached hydrogen (secondary N) is 1. The zero-order valence-corrected chi connectivity index (χ0v) is 11.5. The molecule has 1 rings (SSSR count). The van der Waals surface area contributed by atoms with E-state index in [0.717, 1.165) is 23.9 Å². The molecule has 1 aromatic rings. The number of halogens is 1. The van der Waals surface area contributed by atoms with Gasteiger partial charge in [-0.05, 0) is 35.7 Å². The van der Waals surface area contributed by atoms with Crippen LogP contribution in [0.25, 0.3) is 0 Å². The van der Waals surface area contributed by atoms with Crippen molar-refractivity contribution in [3.63, 3.8) is 0 Å². The highest BCUT2D eigenvalue weighted by atomic mass is 79.9. The second kappa shape index (κ2) is 6.68. The lowest BCUT2D eigenvalue weighted by atomic mass is 10.3. The van der Waals surface area contributed by atoms with E-state index in [-0.39, 0.29) is 6.10 Å². The maximum Gasteiger partial charge on any atom is 0.233 e. The lowest BCUT2D eigenvalue weighted by molar-refractivity contribution is 0.207. The van der Waals surface area contributed by atoms with Gasteiger partial charge in [0.15, 0.2) is 0 Å². The van der Waals surface area contributed by atoms with Crippen molar-refractivity contribution >= 4 is 21.9 Å². The number of ether oxygens (including phenoxy) is 1. The molecule has 90 valence electrons. The first-order valence-electron chi connectivity index (χ1n) is 5.60. The van der Waals surface area contributed by atoms with Gasteiger partial charge in [0.2, 0.25) is 11.8 Å². The Hall–Kier alpha value is -0.840. The highest BCUT2D eigenvalue weighted by molar-refractivity contribution is 9.10. The SMILES string of the molecule is CCCNc1ncc(Br)c(OC(C)CC)n1. The fraction of sp³-hybridized carbons (Fsp3) is 0.636. The Morgan fingerprint density at radius 3 is 2.88 bits per heavy atom. The van der Waals surface area contributed by atoms with Gasteiger partial charge in [-0.1, -0.05) is 13.8 Å². The molecule has 5 heteroatoms. The van der Waals surface area contributed by atoms with E-state index >= 15 is 0 Å². The standard InChI is InChI=1S/C11H18BrN3O/c1-4-6-13-11-14-7-9(12)10(15-11)16-8(3)5-2/h7-8H,4-6H2,1-3H3,(H,13,14,15). The van der Waals surface area contributed by atoms with Crippen LogP contribution in [-0.2, 0) is 0 Å². The lowest BCUT2D eigenvalue weighted by Gasteiger charge is -2.13. The van der Waals surface area contributed by atoms with E-state index in [2.05, 4.69) is 45.1 Å². The van der Waals surface area contributed by atoms with Gasteiger partial charge < -0.3 is 10.1 Å². The Balaban J connectivity index is 2.73. The second-order valence-corrected chi connectivity index (χ2v) is 4.46. The predicted molar refractivity (Wildman–Crippen MR) is 68.9 cm³/mol. The topological polar surface area (TPSA) is 47.0 Å². The first-order chi connectivity index (χ1) is 7.67. The molecular formula is C11H18BrN3O. The molecule has 0 aliphatic carbocycles.